The molecule has 1 saturated carbocycles. The average Bonchev–Trinajstić information content (AvgIpc) is 3.27. The van der Waals surface area contributed by atoms with Gasteiger partial charge < -0.3 is 15.6 Å². The van der Waals surface area contributed by atoms with E-state index in [9.17, 15) is 5.11 Å². The molecule has 0 aliphatic heterocycles. The largest absolute Gasteiger partial charge is 0.494 e. The third-order valence-corrected chi connectivity index (χ3v) is 4.05. The second-order valence-corrected chi connectivity index (χ2v) is 5.77. The summed E-state index contributed by atoms with van der Waals surface area (Å²) in [6.07, 6.45) is 5.58. The molecule has 1 aliphatic rings. The van der Waals surface area contributed by atoms with Crippen molar-refractivity contribution in [1.29, 1.82) is 0 Å². The molecule has 1 aromatic carbocycles. The topological polar surface area (TPSA) is 55.5 Å². The Bertz CT molecular complexity index is 358. The van der Waals surface area contributed by atoms with Crippen molar-refractivity contribution in [3.05, 3.63) is 30.3 Å². The number of para-hydroxylation sites is 1. The lowest BCUT2D eigenvalue weighted by atomic mass is 9.79. The number of benzene rings is 1. The van der Waals surface area contributed by atoms with Crippen LogP contribution in [0.2, 0.25) is 0 Å². The van der Waals surface area contributed by atoms with Gasteiger partial charge in [0.2, 0.25) is 0 Å². The number of aliphatic hydroxyl groups is 1. The van der Waals surface area contributed by atoms with E-state index in [1.54, 1.807) is 0 Å². The van der Waals surface area contributed by atoms with E-state index >= 15 is 0 Å². The Morgan fingerprint density at radius 3 is 2.58 bits per heavy atom. The highest BCUT2D eigenvalue weighted by Gasteiger charge is 2.35. The monoisotopic (exact) mass is 263 g/mol. The fourth-order valence-electron chi connectivity index (χ4n) is 2.58. The van der Waals surface area contributed by atoms with Crippen molar-refractivity contribution in [3.63, 3.8) is 0 Å². The molecule has 1 fully saturated rings. The van der Waals surface area contributed by atoms with Crippen LogP contribution >= 0.6 is 0 Å². The number of nitrogens with two attached hydrogens (primary N) is 1. The Kier molecular flexibility index (Phi) is 5.23. The summed E-state index contributed by atoms with van der Waals surface area (Å²) >= 11 is 0. The predicted octanol–water partition coefficient (Wildman–Crippen LogP) is 2.58. The van der Waals surface area contributed by atoms with E-state index in [-0.39, 0.29) is 12.0 Å². The Labute approximate surface area is 115 Å². The summed E-state index contributed by atoms with van der Waals surface area (Å²) in [7, 11) is 0. The number of aliphatic hydroxyl groups excluding tert-OH is 1. The first-order valence-electron chi connectivity index (χ1n) is 7.27. The molecule has 1 atom stereocenters. The number of ether oxygens (including phenoxy) is 1. The van der Waals surface area contributed by atoms with Crippen LogP contribution in [0.25, 0.3) is 0 Å². The van der Waals surface area contributed by atoms with E-state index in [2.05, 4.69) is 0 Å². The minimum absolute atomic E-state index is 0.0821. The van der Waals surface area contributed by atoms with E-state index < -0.39 is 0 Å². The van der Waals surface area contributed by atoms with E-state index in [1.165, 1.54) is 12.8 Å². The third-order valence-electron chi connectivity index (χ3n) is 4.05. The van der Waals surface area contributed by atoms with Gasteiger partial charge in [-0.25, -0.2) is 0 Å². The van der Waals surface area contributed by atoms with Gasteiger partial charge in [-0.15, -0.1) is 0 Å². The molecule has 0 radical (unpaired) electrons. The van der Waals surface area contributed by atoms with E-state index in [4.69, 9.17) is 10.5 Å². The highest BCUT2D eigenvalue weighted by atomic mass is 16.5. The summed E-state index contributed by atoms with van der Waals surface area (Å²) in [5.41, 5.74) is 5.80. The molecule has 3 N–H and O–H groups in total. The summed E-state index contributed by atoms with van der Waals surface area (Å²) < 4.78 is 5.69. The molecular formula is C16H25NO2. The summed E-state index contributed by atoms with van der Waals surface area (Å²) in [6.45, 7) is 1.47. The fourth-order valence-corrected chi connectivity index (χ4v) is 2.58. The van der Waals surface area contributed by atoms with Crippen molar-refractivity contribution < 1.29 is 9.84 Å². The molecule has 3 heteroatoms. The maximum atomic E-state index is 9.65. The lowest BCUT2D eigenvalue weighted by Gasteiger charge is -2.30. The minimum Gasteiger partial charge on any atom is -0.494 e. The molecule has 0 spiro atoms. The average molecular weight is 263 g/mol. The van der Waals surface area contributed by atoms with Gasteiger partial charge in [0, 0.05) is 18.6 Å². The molecule has 0 aromatic heterocycles. The molecule has 0 saturated heterocycles. The quantitative estimate of drug-likeness (QED) is 0.673. The molecule has 0 amide bonds. The van der Waals surface area contributed by atoms with Gasteiger partial charge >= 0.3 is 0 Å². The van der Waals surface area contributed by atoms with Crippen LogP contribution in [-0.4, -0.2) is 24.9 Å². The molecule has 1 aromatic rings. The zero-order valence-electron chi connectivity index (χ0n) is 11.6. The van der Waals surface area contributed by atoms with Gasteiger partial charge in [0.1, 0.15) is 5.75 Å². The molecule has 19 heavy (non-hydrogen) atoms. The molecular weight excluding hydrogens is 238 g/mol. The zero-order chi connectivity index (χ0) is 13.6. The van der Waals surface area contributed by atoms with Crippen molar-refractivity contribution in [2.24, 2.45) is 17.1 Å². The summed E-state index contributed by atoms with van der Waals surface area (Å²) in [5, 5.41) is 9.65. The van der Waals surface area contributed by atoms with Gasteiger partial charge in [0.25, 0.3) is 0 Å². The Morgan fingerprint density at radius 1 is 1.26 bits per heavy atom. The lowest BCUT2D eigenvalue weighted by molar-refractivity contribution is 0.0984. The standard InChI is InChI=1S/C16H25NO2/c17-12-16(13-18,11-14-7-8-14)9-4-10-19-15-5-2-1-3-6-15/h1-3,5-6,14,18H,4,7-13,17H2. The van der Waals surface area contributed by atoms with Gasteiger partial charge in [0.15, 0.2) is 0 Å². The molecule has 1 unspecified atom stereocenters. The van der Waals surface area contributed by atoms with E-state index in [0.29, 0.717) is 13.2 Å². The Morgan fingerprint density at radius 2 is 2.00 bits per heavy atom. The normalized spacial score (nSPS) is 18.0. The number of rotatable bonds is 9. The first kappa shape index (κ1) is 14.4. The molecule has 0 bridgehead atoms. The summed E-state index contributed by atoms with van der Waals surface area (Å²) in [5.74, 6) is 1.71. The molecule has 1 aliphatic carbocycles. The smallest absolute Gasteiger partial charge is 0.119 e. The van der Waals surface area contributed by atoms with Gasteiger partial charge in [-0.2, -0.15) is 0 Å². The second-order valence-electron chi connectivity index (χ2n) is 5.77. The van der Waals surface area contributed by atoms with Crippen LogP contribution in [0.4, 0.5) is 0 Å². The third kappa shape index (κ3) is 4.51. The summed E-state index contributed by atoms with van der Waals surface area (Å²) in [4.78, 5) is 0. The highest BCUT2D eigenvalue weighted by Crippen LogP contribution is 2.42. The van der Waals surface area contributed by atoms with Crippen LogP contribution in [0.1, 0.15) is 32.1 Å². The van der Waals surface area contributed by atoms with Crippen LogP contribution < -0.4 is 10.5 Å². The van der Waals surface area contributed by atoms with Gasteiger partial charge in [-0.3, -0.25) is 0 Å². The first-order valence-corrected chi connectivity index (χ1v) is 7.27. The predicted molar refractivity (Wildman–Crippen MR) is 77.1 cm³/mol. The van der Waals surface area contributed by atoms with Gasteiger partial charge in [-0.05, 0) is 37.3 Å². The first-order chi connectivity index (χ1) is 9.28. The van der Waals surface area contributed by atoms with Gasteiger partial charge in [-0.1, -0.05) is 31.0 Å². The fraction of sp³-hybridized carbons (Fsp3) is 0.625. The van der Waals surface area contributed by atoms with Crippen molar-refractivity contribution in [1.82, 2.24) is 0 Å². The van der Waals surface area contributed by atoms with Crippen LogP contribution in [0.3, 0.4) is 0 Å². The lowest BCUT2D eigenvalue weighted by Crippen LogP contribution is -2.35. The van der Waals surface area contributed by atoms with Crippen LogP contribution in [-0.2, 0) is 0 Å². The van der Waals surface area contributed by atoms with Crippen LogP contribution in [0.5, 0.6) is 5.75 Å². The van der Waals surface area contributed by atoms with Crippen molar-refractivity contribution in [2.75, 3.05) is 19.8 Å². The summed E-state index contributed by atoms with van der Waals surface area (Å²) in [6, 6.07) is 9.85. The highest BCUT2D eigenvalue weighted by molar-refractivity contribution is 5.20. The maximum absolute atomic E-state index is 9.65. The van der Waals surface area contributed by atoms with E-state index in [1.807, 2.05) is 30.3 Å². The van der Waals surface area contributed by atoms with E-state index in [0.717, 1.165) is 30.9 Å². The number of hydrogen-bond donors (Lipinski definition) is 2. The second kappa shape index (κ2) is 6.92. The van der Waals surface area contributed by atoms with Gasteiger partial charge in [0.05, 0.1) is 6.61 Å². The van der Waals surface area contributed by atoms with Crippen molar-refractivity contribution in [3.8, 4) is 5.75 Å². The molecule has 106 valence electrons. The molecule has 0 heterocycles. The number of hydrogen-bond acceptors (Lipinski definition) is 3. The Balaban J connectivity index is 1.72. The molecule has 2 rings (SSSR count). The van der Waals surface area contributed by atoms with Crippen LogP contribution in [0, 0.1) is 11.3 Å². The maximum Gasteiger partial charge on any atom is 0.119 e. The minimum atomic E-state index is -0.0821. The SMILES string of the molecule is NCC(CO)(CCCOc1ccccc1)CC1CC1. The zero-order valence-corrected chi connectivity index (χ0v) is 11.6. The van der Waals surface area contributed by atoms with Crippen molar-refractivity contribution in [2.45, 2.75) is 32.1 Å². The molecule has 3 nitrogen and oxygen atoms in total. The Hall–Kier alpha value is -1.06. The van der Waals surface area contributed by atoms with Crippen molar-refractivity contribution >= 4 is 0 Å². The van der Waals surface area contributed by atoms with Crippen LogP contribution in [0.15, 0.2) is 30.3 Å².